The smallest absolute Gasteiger partial charge is 0.0645 e. The fraction of sp³-hybridized carbons (Fsp3) is 0.0526. The quantitative estimate of drug-likeness (QED) is 0.153. The predicted octanol–water partition coefficient (Wildman–Crippen LogP) is 15.9. The lowest BCUT2D eigenvalue weighted by Gasteiger charge is -2.27. The van der Waals surface area contributed by atoms with Gasteiger partial charge in [-0.2, -0.15) is 0 Å². The van der Waals surface area contributed by atoms with E-state index in [0.717, 1.165) is 65.7 Å². The zero-order valence-electron chi connectivity index (χ0n) is 40.0. The lowest BCUT2D eigenvalue weighted by Crippen LogP contribution is -2.16. The van der Waals surface area contributed by atoms with E-state index < -0.39 is 5.41 Å². The van der Waals surface area contributed by atoms with Gasteiger partial charge in [-0.1, -0.05) is 178 Å². The van der Waals surface area contributed by atoms with E-state index in [2.05, 4.69) is 38.1 Å². The van der Waals surface area contributed by atoms with Gasteiger partial charge >= 0.3 is 0 Å². The van der Waals surface area contributed by atoms with Gasteiger partial charge in [0.2, 0.25) is 0 Å². The van der Waals surface area contributed by atoms with Crippen molar-refractivity contribution in [2.24, 2.45) is 0 Å². The molecule has 0 radical (unpaired) electrons. The topological polar surface area (TPSA) is 3.24 Å². The fourth-order valence-corrected chi connectivity index (χ4v) is 8.90. The first-order valence-electron chi connectivity index (χ1n) is 23.6. The van der Waals surface area contributed by atoms with E-state index in [-0.39, 0.29) is 70.8 Å². The van der Waals surface area contributed by atoms with E-state index in [1.165, 1.54) is 4.90 Å². The van der Waals surface area contributed by atoms with Crippen LogP contribution >= 0.6 is 0 Å². The van der Waals surface area contributed by atoms with Crippen molar-refractivity contribution in [2.75, 3.05) is 4.90 Å². The number of benzene rings is 10. The van der Waals surface area contributed by atoms with E-state index >= 15 is 0 Å². The normalized spacial score (nSPS) is 14.7. The highest BCUT2D eigenvalue weighted by Gasteiger charge is 2.37. The highest BCUT2D eigenvalue weighted by Crippen LogP contribution is 2.52. The van der Waals surface area contributed by atoms with Crippen LogP contribution in [-0.4, -0.2) is 0 Å². The van der Waals surface area contributed by atoms with Crippen molar-refractivity contribution in [3.05, 3.63) is 223 Å². The summed E-state index contributed by atoms with van der Waals surface area (Å²) in [5, 5.41) is 6.14. The monoisotopic (exact) mass is 747 g/mol. The van der Waals surface area contributed by atoms with Crippen molar-refractivity contribution < 1.29 is 11.0 Å². The van der Waals surface area contributed by atoms with Crippen LogP contribution < -0.4 is 4.90 Å². The van der Waals surface area contributed by atoms with Crippen LogP contribution in [0.1, 0.15) is 35.9 Å². The van der Waals surface area contributed by atoms with Crippen molar-refractivity contribution in [1.82, 2.24) is 0 Å². The molecular weight excluding hydrogens is 699 g/mol. The number of nitrogens with zero attached hydrogens (tertiary/aromatic N) is 1. The number of hydrogen-bond acceptors (Lipinski definition) is 1. The van der Waals surface area contributed by atoms with E-state index in [1.54, 1.807) is 6.07 Å². The Balaban J connectivity index is 1.14. The van der Waals surface area contributed by atoms with E-state index in [4.69, 9.17) is 0 Å². The first kappa shape index (κ1) is 26.6. The first-order valence-corrected chi connectivity index (χ1v) is 19.6. The number of hydrogen-bond donors (Lipinski definition) is 0. The SMILES string of the molecule is [2H]c1c([2H])c(N(c2cccc(-c3ccc4ccccc4c3)c2)c2c([2H])c([2H])c(-c3cccc4c3C(C)(C)c3ccccc3-4)c([2H])c2[2H])c([2H])c([2H])c1-c1ccc2c(ccc3ccccc32)c1. The highest BCUT2D eigenvalue weighted by atomic mass is 15.1. The molecule has 0 amide bonds. The maximum atomic E-state index is 9.80. The molecule has 1 nitrogen and oxygen atoms in total. The second kappa shape index (κ2) is 13.5. The molecular formula is C57H41N. The lowest BCUT2D eigenvalue weighted by molar-refractivity contribution is 0.662. The Labute approximate surface area is 351 Å². The molecule has 0 aromatic heterocycles. The second-order valence-electron chi connectivity index (χ2n) is 15.5. The van der Waals surface area contributed by atoms with Gasteiger partial charge in [0, 0.05) is 22.5 Å². The van der Waals surface area contributed by atoms with Crippen molar-refractivity contribution in [3.8, 4) is 44.5 Å². The third kappa shape index (κ3) is 5.62. The minimum Gasteiger partial charge on any atom is -0.310 e. The molecule has 0 heterocycles. The van der Waals surface area contributed by atoms with Gasteiger partial charge < -0.3 is 4.90 Å². The molecule has 0 unspecified atom stereocenters. The van der Waals surface area contributed by atoms with Crippen LogP contribution in [0.15, 0.2) is 212 Å². The summed E-state index contributed by atoms with van der Waals surface area (Å²) in [5.41, 5.74) is 6.55. The van der Waals surface area contributed by atoms with E-state index in [0.29, 0.717) is 16.8 Å². The molecule has 1 heteroatoms. The molecule has 1 aliphatic carbocycles. The summed E-state index contributed by atoms with van der Waals surface area (Å²) in [6.07, 6.45) is 0. The number of rotatable bonds is 6. The summed E-state index contributed by atoms with van der Waals surface area (Å²) in [7, 11) is 0. The molecule has 11 rings (SSSR count). The largest absolute Gasteiger partial charge is 0.310 e. The Morgan fingerprint density at radius 1 is 0.362 bits per heavy atom. The summed E-state index contributed by atoms with van der Waals surface area (Å²) < 4.78 is 77.5. The third-order valence-corrected chi connectivity index (χ3v) is 11.7. The van der Waals surface area contributed by atoms with E-state index in [1.807, 2.05) is 133 Å². The van der Waals surface area contributed by atoms with Gasteiger partial charge in [-0.15, -0.1) is 0 Å². The van der Waals surface area contributed by atoms with Gasteiger partial charge in [-0.05, 0) is 136 Å². The Morgan fingerprint density at radius 2 is 0.914 bits per heavy atom. The van der Waals surface area contributed by atoms with Crippen LogP contribution in [0.4, 0.5) is 17.1 Å². The summed E-state index contributed by atoms with van der Waals surface area (Å²) >= 11 is 0. The number of fused-ring (bicyclic) bond motifs is 7. The molecule has 0 aliphatic heterocycles. The fourth-order valence-electron chi connectivity index (χ4n) is 8.90. The second-order valence-corrected chi connectivity index (χ2v) is 15.5. The summed E-state index contributed by atoms with van der Waals surface area (Å²) in [6.45, 7) is 4.23. The Bertz CT molecular complexity index is 3630. The molecule has 10 aromatic carbocycles. The van der Waals surface area contributed by atoms with Gasteiger partial charge in [0.25, 0.3) is 0 Å². The van der Waals surface area contributed by atoms with Gasteiger partial charge in [-0.3, -0.25) is 0 Å². The van der Waals surface area contributed by atoms with Crippen molar-refractivity contribution >= 4 is 49.4 Å². The molecule has 0 saturated carbocycles. The molecule has 58 heavy (non-hydrogen) atoms. The van der Waals surface area contributed by atoms with Crippen molar-refractivity contribution in [1.29, 1.82) is 0 Å². The summed E-state index contributed by atoms with van der Waals surface area (Å²) in [5.74, 6) is 0. The molecule has 274 valence electrons. The zero-order valence-corrected chi connectivity index (χ0v) is 32.0. The average Bonchev–Trinajstić information content (AvgIpc) is 3.58. The standard InChI is InChI=1S/C57H41N/c1-57(2)55-20-8-7-17-53(55)54-19-10-18-52(56(54)57)41-27-32-48(33-28-41)58(49-15-9-14-43(37-49)45-23-21-38-11-3-4-13-42(38)35-45)47-30-25-39(26-31-47)44-29-34-51-46(36-44)24-22-40-12-5-6-16-50(40)51/h3-37H,1-2H3/i25D,26D,27D,28D,30D,31D,32D,33D. The third-order valence-electron chi connectivity index (χ3n) is 11.7. The highest BCUT2D eigenvalue weighted by molar-refractivity contribution is 6.08. The van der Waals surface area contributed by atoms with Crippen molar-refractivity contribution in [2.45, 2.75) is 19.3 Å². The molecule has 0 bridgehead atoms. The maximum absolute atomic E-state index is 9.80. The average molecular weight is 748 g/mol. The Morgan fingerprint density at radius 3 is 1.74 bits per heavy atom. The van der Waals surface area contributed by atoms with Gasteiger partial charge in [0.05, 0.1) is 11.0 Å². The van der Waals surface area contributed by atoms with Crippen LogP contribution in [0.3, 0.4) is 0 Å². The first-order chi connectivity index (χ1) is 31.8. The Kier molecular flexibility index (Phi) is 6.18. The molecule has 0 spiro atoms. The minimum atomic E-state index is -0.504. The van der Waals surface area contributed by atoms with Crippen LogP contribution in [0.2, 0.25) is 0 Å². The molecule has 0 fully saturated rings. The van der Waals surface area contributed by atoms with Crippen LogP contribution in [0, 0.1) is 0 Å². The zero-order chi connectivity index (χ0) is 45.8. The molecule has 10 aromatic rings. The van der Waals surface area contributed by atoms with Crippen LogP contribution in [0.5, 0.6) is 0 Å². The minimum absolute atomic E-state index is 0.116. The predicted molar refractivity (Wildman–Crippen MR) is 248 cm³/mol. The van der Waals surface area contributed by atoms with Gasteiger partial charge in [-0.25, -0.2) is 0 Å². The van der Waals surface area contributed by atoms with E-state index in [9.17, 15) is 11.0 Å². The number of anilines is 3. The molecule has 0 atom stereocenters. The molecule has 0 saturated heterocycles. The van der Waals surface area contributed by atoms with Gasteiger partial charge in [0.15, 0.2) is 0 Å². The molecule has 1 aliphatic rings. The lowest BCUT2D eigenvalue weighted by atomic mass is 9.79. The van der Waals surface area contributed by atoms with Crippen LogP contribution in [0.25, 0.3) is 76.8 Å². The maximum Gasteiger partial charge on any atom is 0.0645 e. The van der Waals surface area contributed by atoms with Gasteiger partial charge in [0.1, 0.15) is 0 Å². The Hall–Kier alpha value is -7.22. The summed E-state index contributed by atoms with van der Waals surface area (Å²) in [4.78, 5) is 1.39. The molecule has 0 N–H and O–H groups in total. The summed E-state index contributed by atoms with van der Waals surface area (Å²) in [6, 6.07) is 50.5. The van der Waals surface area contributed by atoms with Crippen molar-refractivity contribution in [3.63, 3.8) is 0 Å². The van der Waals surface area contributed by atoms with Crippen LogP contribution in [-0.2, 0) is 5.41 Å².